The molecule has 50 heavy (non-hydrogen) atoms. The van der Waals surface area contributed by atoms with Crippen LogP contribution >= 0.6 is 11.6 Å². The highest BCUT2D eigenvalue weighted by Gasteiger charge is 2.44. The third kappa shape index (κ3) is 7.43. The predicted molar refractivity (Wildman–Crippen MR) is 195 cm³/mol. The lowest BCUT2D eigenvalue weighted by Gasteiger charge is -2.46. The molecule has 2 bridgehead atoms. The predicted octanol–water partition coefficient (Wildman–Crippen LogP) is 6.31. The zero-order valence-electron chi connectivity index (χ0n) is 29.2. The van der Waals surface area contributed by atoms with Gasteiger partial charge in [-0.25, -0.2) is 9.00 Å². The van der Waals surface area contributed by atoms with Crippen molar-refractivity contribution in [3.05, 3.63) is 70.3 Å². The number of methoxy groups -OCH3 is 2. The Morgan fingerprint density at radius 2 is 2.06 bits per heavy atom. The highest BCUT2D eigenvalue weighted by molar-refractivity contribution is 7.92. The molecule has 0 unspecified atom stereocenters. The van der Waals surface area contributed by atoms with Gasteiger partial charge in [-0.05, 0) is 104 Å². The number of aryl methyl sites for hydroxylation is 1. The van der Waals surface area contributed by atoms with Gasteiger partial charge in [-0.1, -0.05) is 36.7 Å². The van der Waals surface area contributed by atoms with Crippen LogP contribution in [-0.2, 0) is 31.2 Å². The molecule has 8 atom stereocenters. The monoisotopic (exact) mass is 724 g/mol. The molecule has 3 aliphatic carbocycles. The molecule has 5 aliphatic rings. The van der Waals surface area contributed by atoms with Crippen molar-refractivity contribution < 1.29 is 28.0 Å². The number of hydrogen-bond acceptors (Lipinski definition) is 7. The van der Waals surface area contributed by atoms with Gasteiger partial charge in [0.2, 0.25) is 0 Å². The van der Waals surface area contributed by atoms with E-state index < -0.39 is 21.9 Å². The summed E-state index contributed by atoms with van der Waals surface area (Å²) in [5, 5.41) is 3.62. The molecule has 2 fully saturated rings. The minimum Gasteiger partial charge on any atom is -0.490 e. The van der Waals surface area contributed by atoms with Gasteiger partial charge in [0.25, 0.3) is 5.91 Å². The number of carbonyl (C=O) groups is 2. The number of carbonyl (C=O) groups excluding carboxylic acids is 2. The number of nitrogens with zero attached hydrogens (tertiary/aromatic N) is 2. The van der Waals surface area contributed by atoms with E-state index in [1.165, 1.54) is 11.1 Å². The molecule has 2 saturated carbocycles. The summed E-state index contributed by atoms with van der Waals surface area (Å²) in [6, 6.07) is 10.9. The van der Waals surface area contributed by atoms with E-state index >= 15 is 0 Å². The number of halogens is 1. The number of nitrogens with one attached hydrogen (secondary N) is 2. The van der Waals surface area contributed by atoms with Crippen LogP contribution < -0.4 is 19.7 Å². The molecule has 2 N–H and O–H groups in total. The third-order valence-electron chi connectivity index (χ3n) is 11.4. The van der Waals surface area contributed by atoms with Gasteiger partial charge in [0.1, 0.15) is 15.7 Å². The molecule has 0 radical (unpaired) electrons. The first-order chi connectivity index (χ1) is 24.1. The Balaban J connectivity index is 1.26. The molecule has 2 heterocycles. The Morgan fingerprint density at radius 1 is 1.20 bits per heavy atom. The first-order valence-electron chi connectivity index (χ1n) is 17.9. The van der Waals surface area contributed by atoms with Crippen molar-refractivity contribution in [3.63, 3.8) is 0 Å². The summed E-state index contributed by atoms with van der Waals surface area (Å²) in [6.45, 7) is 4.52. The number of allylic oxidation sites excluding steroid dienone is 1. The molecule has 2 aromatic carbocycles. The molecule has 2 aliphatic heterocycles. The van der Waals surface area contributed by atoms with Crippen molar-refractivity contribution in [2.75, 3.05) is 51.2 Å². The quantitative estimate of drug-likeness (QED) is 0.347. The second-order valence-corrected chi connectivity index (χ2v) is 17.5. The summed E-state index contributed by atoms with van der Waals surface area (Å²) in [6.07, 6.45) is 10.7. The molecule has 1 spiro atoms. The number of fused-ring (bicyclic) bond motifs is 4. The van der Waals surface area contributed by atoms with Crippen LogP contribution in [0.1, 0.15) is 66.9 Å². The Hall–Kier alpha value is -3.12. The minimum atomic E-state index is -3.48. The smallest absolute Gasteiger partial charge is 0.327 e. The van der Waals surface area contributed by atoms with Gasteiger partial charge in [0.15, 0.2) is 0 Å². The Kier molecular flexibility index (Phi) is 10.2. The number of urea groups is 1. The van der Waals surface area contributed by atoms with E-state index in [1.54, 1.807) is 20.3 Å². The maximum Gasteiger partial charge on any atom is 0.327 e. The summed E-state index contributed by atoms with van der Waals surface area (Å²) < 4.78 is 39.2. The van der Waals surface area contributed by atoms with Crippen LogP contribution in [0.25, 0.3) is 0 Å². The molecular formula is C38H49ClN4O6S. The van der Waals surface area contributed by atoms with Crippen molar-refractivity contribution in [1.29, 1.82) is 0 Å². The molecule has 270 valence electrons. The molecule has 0 aromatic heterocycles. The first kappa shape index (κ1) is 35.3. The molecular weight excluding hydrogens is 676 g/mol. The molecule has 3 amide bonds. The average molecular weight is 725 g/mol. The fourth-order valence-corrected chi connectivity index (χ4v) is 10.6. The summed E-state index contributed by atoms with van der Waals surface area (Å²) >= 11 is 6.45. The van der Waals surface area contributed by atoms with E-state index in [1.807, 2.05) is 25.1 Å². The minimum absolute atomic E-state index is 0.0263. The Morgan fingerprint density at radius 3 is 2.84 bits per heavy atom. The van der Waals surface area contributed by atoms with Gasteiger partial charge in [0.05, 0.1) is 30.8 Å². The van der Waals surface area contributed by atoms with Crippen molar-refractivity contribution in [2.24, 2.45) is 28.0 Å². The van der Waals surface area contributed by atoms with Crippen molar-refractivity contribution >= 4 is 39.1 Å². The van der Waals surface area contributed by atoms with Crippen molar-refractivity contribution in [1.82, 2.24) is 10.0 Å². The largest absolute Gasteiger partial charge is 0.490 e. The Labute approximate surface area is 300 Å². The van der Waals surface area contributed by atoms with E-state index in [2.05, 4.69) is 43.6 Å². The summed E-state index contributed by atoms with van der Waals surface area (Å²) in [5.74, 6) is 0.941. The van der Waals surface area contributed by atoms with Crippen LogP contribution in [0, 0.1) is 23.7 Å². The first-order valence-corrected chi connectivity index (χ1v) is 20.0. The van der Waals surface area contributed by atoms with E-state index in [9.17, 15) is 13.8 Å². The van der Waals surface area contributed by atoms with Gasteiger partial charge < -0.3 is 24.4 Å². The van der Waals surface area contributed by atoms with E-state index in [0.29, 0.717) is 42.8 Å². The van der Waals surface area contributed by atoms with Crippen LogP contribution in [0.2, 0.25) is 5.02 Å². The fourth-order valence-electron chi connectivity index (χ4n) is 8.53. The molecule has 7 rings (SSSR count). The van der Waals surface area contributed by atoms with Gasteiger partial charge in [0, 0.05) is 55.3 Å². The molecule has 12 heteroatoms. The van der Waals surface area contributed by atoms with E-state index in [4.69, 9.17) is 25.8 Å². The summed E-state index contributed by atoms with van der Waals surface area (Å²) in [7, 11) is -0.0843. The standard InChI is InChI=1S/C38H49ClN4O6S/c1-24-6-4-8-34(48-3)30-12-9-27(30)19-43-22-38(15-5-7-25-16-29(39)11-13-31(25)38)23-49-35-14-10-26(18-33(35)43)36(44)41-50(46,21-24)42-37(45)40-32-17-28(32)20-47-2/h4,8,10-11,13-14,16,18,24,27-28,30,32,34H,5-7,9,12,15,17,19-23H2,1-3H3,(H2,40,41,42,44,45,46)/b8-4+/t24-,27-,28+,30+,32-,34-,38-,50-/m0/s1. The number of hydrogen-bond donors (Lipinski definition) is 2. The van der Waals surface area contributed by atoms with E-state index in [-0.39, 0.29) is 35.1 Å². The summed E-state index contributed by atoms with van der Waals surface area (Å²) in [4.78, 5) is 29.4. The SMILES string of the molecule is COC[C@H]1C[C@@H]1NC(=O)N[S@@]1(=O)=NC(=O)c2ccc3c(c2)N(C[C@@H]2CC[C@H]2[C@@H](OC)/C=C/C[C@H](C)C1)C[C@@]1(CCCc2cc(Cl)ccc21)CO3. The van der Waals surface area contributed by atoms with Crippen LogP contribution in [0.15, 0.2) is 52.9 Å². The third-order valence-corrected chi connectivity index (χ3v) is 13.6. The van der Waals surface area contributed by atoms with Gasteiger partial charge in [-0.15, -0.1) is 4.36 Å². The van der Waals surface area contributed by atoms with Gasteiger partial charge >= 0.3 is 6.03 Å². The Bertz CT molecular complexity index is 1780. The lowest BCUT2D eigenvalue weighted by Crippen LogP contribution is -2.49. The van der Waals surface area contributed by atoms with E-state index in [0.717, 1.165) is 62.3 Å². The molecule has 2 aromatic rings. The summed E-state index contributed by atoms with van der Waals surface area (Å²) in [5.41, 5.74) is 3.43. The van der Waals surface area contributed by atoms with Gasteiger partial charge in [-0.2, -0.15) is 0 Å². The second-order valence-electron chi connectivity index (χ2n) is 15.1. The van der Waals surface area contributed by atoms with Crippen LogP contribution in [-0.4, -0.2) is 74.6 Å². The maximum atomic E-state index is 14.4. The van der Waals surface area contributed by atoms with Crippen molar-refractivity contribution in [3.8, 4) is 5.75 Å². The van der Waals surface area contributed by atoms with Crippen molar-refractivity contribution in [2.45, 2.75) is 69.4 Å². The topological polar surface area (TPSA) is 119 Å². The van der Waals surface area contributed by atoms with Gasteiger partial charge in [-0.3, -0.25) is 9.52 Å². The van der Waals surface area contributed by atoms with Crippen LogP contribution in [0.5, 0.6) is 5.75 Å². The van der Waals surface area contributed by atoms with Crippen LogP contribution in [0.4, 0.5) is 10.5 Å². The molecule has 0 saturated heterocycles. The number of rotatable bonds is 5. The second kappa shape index (κ2) is 14.5. The fraction of sp³-hybridized carbons (Fsp3) is 0.579. The lowest BCUT2D eigenvalue weighted by molar-refractivity contribution is 0.0131. The highest BCUT2D eigenvalue weighted by atomic mass is 35.5. The number of amides is 3. The zero-order valence-corrected chi connectivity index (χ0v) is 30.8. The van der Waals surface area contributed by atoms with Crippen LogP contribution in [0.3, 0.4) is 0 Å². The number of benzene rings is 2. The average Bonchev–Trinajstić information content (AvgIpc) is 3.82. The maximum absolute atomic E-state index is 14.4. The highest BCUT2D eigenvalue weighted by Crippen LogP contribution is 2.47. The molecule has 10 nitrogen and oxygen atoms in total. The zero-order chi connectivity index (χ0) is 35.0. The normalized spacial score (nSPS) is 34.2. The number of ether oxygens (including phenoxy) is 3. The lowest BCUT2D eigenvalue weighted by atomic mass is 9.68. The number of anilines is 1.